The van der Waals surface area contributed by atoms with Crippen LogP contribution in [0.15, 0.2) is 23.2 Å². The normalized spacial score (nSPS) is 13.5. The molecule has 1 atom stereocenters. The Kier molecular flexibility index (Phi) is 4.47. The van der Waals surface area contributed by atoms with Crippen molar-refractivity contribution in [2.24, 2.45) is 5.41 Å². The van der Waals surface area contributed by atoms with Gasteiger partial charge in [-0.15, -0.1) is 0 Å². The third-order valence-electron chi connectivity index (χ3n) is 2.55. The molecule has 0 aromatic carbocycles. The van der Waals surface area contributed by atoms with Crippen molar-refractivity contribution in [1.29, 1.82) is 5.26 Å². The van der Waals surface area contributed by atoms with E-state index in [2.05, 4.69) is 9.71 Å². The van der Waals surface area contributed by atoms with Gasteiger partial charge in [0.1, 0.15) is 17.0 Å². The summed E-state index contributed by atoms with van der Waals surface area (Å²) in [6.45, 7) is 4.80. The molecular formula is C12H15N3O4S. The SMILES string of the molecule is CC(C)(C)[C@@H](NS(=O)(=O)c1cccnc1C#N)C(=O)O. The zero-order chi connectivity index (χ0) is 15.6. The van der Waals surface area contributed by atoms with Crippen molar-refractivity contribution in [2.75, 3.05) is 0 Å². The fourth-order valence-corrected chi connectivity index (χ4v) is 3.01. The molecule has 7 nitrogen and oxygen atoms in total. The molecule has 20 heavy (non-hydrogen) atoms. The molecule has 1 rings (SSSR count). The van der Waals surface area contributed by atoms with Crippen molar-refractivity contribution in [3.63, 3.8) is 0 Å². The number of rotatable bonds is 4. The van der Waals surface area contributed by atoms with Gasteiger partial charge in [0.2, 0.25) is 10.0 Å². The third-order valence-corrected chi connectivity index (χ3v) is 4.01. The number of pyridine rings is 1. The van der Waals surface area contributed by atoms with Crippen molar-refractivity contribution >= 4 is 16.0 Å². The Bertz CT molecular complexity index is 656. The number of carbonyl (C=O) groups is 1. The van der Waals surface area contributed by atoms with Crippen molar-refractivity contribution in [3.8, 4) is 6.07 Å². The van der Waals surface area contributed by atoms with Crippen LogP contribution in [0.25, 0.3) is 0 Å². The summed E-state index contributed by atoms with van der Waals surface area (Å²) in [5.41, 5.74) is -1.11. The molecule has 0 saturated heterocycles. The van der Waals surface area contributed by atoms with Crippen LogP contribution in [0.1, 0.15) is 26.5 Å². The number of nitrogens with one attached hydrogen (secondary N) is 1. The lowest BCUT2D eigenvalue weighted by molar-refractivity contribution is -0.141. The van der Waals surface area contributed by atoms with Gasteiger partial charge in [0.05, 0.1) is 0 Å². The lowest BCUT2D eigenvalue weighted by atomic mass is 9.88. The second kappa shape index (κ2) is 5.56. The molecular weight excluding hydrogens is 282 g/mol. The maximum absolute atomic E-state index is 12.2. The lowest BCUT2D eigenvalue weighted by Gasteiger charge is -2.27. The summed E-state index contributed by atoms with van der Waals surface area (Å²) in [7, 11) is -4.15. The highest BCUT2D eigenvalue weighted by Gasteiger charge is 2.36. The fraction of sp³-hybridized carbons (Fsp3) is 0.417. The minimum atomic E-state index is -4.15. The Balaban J connectivity index is 3.25. The zero-order valence-electron chi connectivity index (χ0n) is 11.3. The molecule has 0 fully saturated rings. The first kappa shape index (κ1) is 16.1. The van der Waals surface area contributed by atoms with Crippen molar-refractivity contribution < 1.29 is 18.3 Å². The number of nitrogens with zero attached hydrogens (tertiary/aromatic N) is 2. The van der Waals surface area contributed by atoms with Crippen molar-refractivity contribution in [1.82, 2.24) is 9.71 Å². The summed E-state index contributed by atoms with van der Waals surface area (Å²) >= 11 is 0. The second-order valence-electron chi connectivity index (χ2n) is 5.22. The number of aromatic nitrogens is 1. The van der Waals surface area contributed by atoms with Gasteiger partial charge in [-0.25, -0.2) is 13.4 Å². The molecule has 1 aromatic rings. The van der Waals surface area contributed by atoms with Crippen molar-refractivity contribution in [2.45, 2.75) is 31.7 Å². The van der Waals surface area contributed by atoms with E-state index >= 15 is 0 Å². The van der Waals surface area contributed by atoms with Gasteiger partial charge < -0.3 is 5.11 Å². The first-order chi connectivity index (χ1) is 9.09. The number of nitriles is 1. The summed E-state index contributed by atoms with van der Waals surface area (Å²) in [5.74, 6) is -1.29. The van der Waals surface area contributed by atoms with Gasteiger partial charge >= 0.3 is 5.97 Å². The van der Waals surface area contributed by atoms with Crippen LogP contribution >= 0.6 is 0 Å². The number of sulfonamides is 1. The quantitative estimate of drug-likeness (QED) is 0.845. The van der Waals surface area contributed by atoms with Crippen LogP contribution in [-0.4, -0.2) is 30.5 Å². The van der Waals surface area contributed by atoms with E-state index in [1.165, 1.54) is 18.3 Å². The molecule has 0 aliphatic rings. The first-order valence-corrected chi connectivity index (χ1v) is 7.18. The minimum Gasteiger partial charge on any atom is -0.480 e. The van der Waals surface area contributed by atoms with Gasteiger partial charge in [-0.3, -0.25) is 4.79 Å². The summed E-state index contributed by atoms with van der Waals surface area (Å²) in [5, 5.41) is 18.0. The van der Waals surface area contributed by atoms with Gasteiger partial charge in [0, 0.05) is 6.20 Å². The van der Waals surface area contributed by atoms with Gasteiger partial charge in [0.15, 0.2) is 5.69 Å². The van der Waals surface area contributed by atoms with Crippen LogP contribution in [0, 0.1) is 16.7 Å². The van der Waals surface area contributed by atoms with Crippen LogP contribution in [-0.2, 0) is 14.8 Å². The van der Waals surface area contributed by atoms with Crippen LogP contribution in [0.4, 0.5) is 0 Å². The molecule has 0 bridgehead atoms. The van der Waals surface area contributed by atoms with E-state index in [4.69, 9.17) is 10.4 Å². The Hall–Kier alpha value is -1.98. The average molecular weight is 297 g/mol. The highest BCUT2D eigenvalue weighted by Crippen LogP contribution is 2.22. The number of carboxylic acids is 1. The van der Waals surface area contributed by atoms with Crippen LogP contribution in [0.2, 0.25) is 0 Å². The van der Waals surface area contributed by atoms with Gasteiger partial charge in [-0.2, -0.15) is 9.98 Å². The summed E-state index contributed by atoms with van der Waals surface area (Å²) in [6.07, 6.45) is 1.29. The number of aliphatic carboxylic acids is 1. The van der Waals surface area contributed by atoms with Gasteiger partial charge in [-0.05, 0) is 17.5 Å². The zero-order valence-corrected chi connectivity index (χ0v) is 12.1. The molecule has 108 valence electrons. The van der Waals surface area contributed by atoms with Crippen LogP contribution < -0.4 is 4.72 Å². The van der Waals surface area contributed by atoms with E-state index in [-0.39, 0.29) is 10.6 Å². The molecule has 0 spiro atoms. The maximum Gasteiger partial charge on any atom is 0.322 e. The molecule has 1 heterocycles. The molecule has 0 amide bonds. The van der Waals surface area contributed by atoms with E-state index < -0.39 is 27.4 Å². The summed E-state index contributed by atoms with van der Waals surface area (Å²) < 4.78 is 26.5. The molecule has 0 radical (unpaired) electrons. The highest BCUT2D eigenvalue weighted by atomic mass is 32.2. The standard InChI is InChI=1S/C12H15N3O4S/c1-12(2,3)10(11(16)17)15-20(18,19)9-5-4-6-14-8(9)7-13/h4-6,10,15H,1-3H3,(H,16,17)/t10-/m0/s1. The average Bonchev–Trinajstić information content (AvgIpc) is 2.34. The Morgan fingerprint density at radius 1 is 1.50 bits per heavy atom. The van der Waals surface area contributed by atoms with E-state index in [0.717, 1.165) is 0 Å². The summed E-state index contributed by atoms with van der Waals surface area (Å²) in [6, 6.07) is 2.91. The van der Waals surface area contributed by atoms with E-state index in [9.17, 15) is 13.2 Å². The second-order valence-corrected chi connectivity index (χ2v) is 6.90. The van der Waals surface area contributed by atoms with E-state index in [1.54, 1.807) is 26.8 Å². The number of hydrogen-bond acceptors (Lipinski definition) is 5. The van der Waals surface area contributed by atoms with Crippen molar-refractivity contribution in [3.05, 3.63) is 24.0 Å². The lowest BCUT2D eigenvalue weighted by Crippen LogP contribution is -2.49. The molecule has 1 aromatic heterocycles. The molecule has 0 aliphatic heterocycles. The van der Waals surface area contributed by atoms with E-state index in [1.807, 2.05) is 0 Å². The predicted octanol–water partition coefficient (Wildman–Crippen LogP) is 0.731. The van der Waals surface area contributed by atoms with Crippen LogP contribution in [0.3, 0.4) is 0 Å². The fourth-order valence-electron chi connectivity index (χ4n) is 1.51. The smallest absolute Gasteiger partial charge is 0.322 e. The summed E-state index contributed by atoms with van der Waals surface area (Å²) in [4.78, 5) is 14.5. The minimum absolute atomic E-state index is 0.280. The number of carboxylic acid groups (broad SMARTS) is 1. The largest absolute Gasteiger partial charge is 0.480 e. The monoisotopic (exact) mass is 297 g/mol. The third kappa shape index (κ3) is 3.53. The number of hydrogen-bond donors (Lipinski definition) is 2. The molecule has 0 unspecified atom stereocenters. The van der Waals surface area contributed by atoms with Gasteiger partial charge in [-0.1, -0.05) is 20.8 Å². The molecule has 0 aliphatic carbocycles. The topological polar surface area (TPSA) is 120 Å². The predicted molar refractivity (Wildman–Crippen MR) is 70.2 cm³/mol. The highest BCUT2D eigenvalue weighted by molar-refractivity contribution is 7.89. The van der Waals surface area contributed by atoms with E-state index in [0.29, 0.717) is 0 Å². The molecule has 0 saturated carbocycles. The molecule has 8 heteroatoms. The van der Waals surface area contributed by atoms with Crippen LogP contribution in [0.5, 0.6) is 0 Å². The Morgan fingerprint density at radius 3 is 2.55 bits per heavy atom. The Labute approximate surface area is 117 Å². The first-order valence-electron chi connectivity index (χ1n) is 5.70. The maximum atomic E-state index is 12.2. The molecule has 2 N–H and O–H groups in total. The Morgan fingerprint density at radius 2 is 2.10 bits per heavy atom. The van der Waals surface area contributed by atoms with Gasteiger partial charge in [0.25, 0.3) is 0 Å².